The predicted molar refractivity (Wildman–Crippen MR) is 36.0 cm³/mol. The second kappa shape index (κ2) is 2.67. The Morgan fingerprint density at radius 1 is 1.78 bits per heavy atom. The Morgan fingerprint density at radius 3 is 3.00 bits per heavy atom. The Balaban J connectivity index is 2.59. The standard InChI is InChI=1S/C7H11NO/c1-2-3-6-4-5-8-7(6)9/h3H,2,4-5H2,1H3,(H,8,9)/b6-3+. The molecule has 1 fully saturated rings. The van der Waals surface area contributed by atoms with Gasteiger partial charge in [-0.25, -0.2) is 0 Å². The summed E-state index contributed by atoms with van der Waals surface area (Å²) in [5, 5.41) is 2.75. The molecule has 2 heteroatoms. The lowest BCUT2D eigenvalue weighted by Crippen LogP contribution is -2.13. The van der Waals surface area contributed by atoms with Crippen LogP contribution in [0.15, 0.2) is 11.6 Å². The van der Waals surface area contributed by atoms with Gasteiger partial charge in [0.15, 0.2) is 0 Å². The Morgan fingerprint density at radius 2 is 2.56 bits per heavy atom. The number of amides is 1. The molecule has 1 heterocycles. The van der Waals surface area contributed by atoms with Crippen LogP contribution in [0.1, 0.15) is 19.8 Å². The molecule has 0 atom stereocenters. The Bertz CT molecular complexity index is 149. The van der Waals surface area contributed by atoms with E-state index in [1.54, 1.807) is 0 Å². The van der Waals surface area contributed by atoms with Gasteiger partial charge in [0.1, 0.15) is 0 Å². The first-order valence-corrected chi connectivity index (χ1v) is 3.32. The minimum Gasteiger partial charge on any atom is -0.352 e. The molecule has 2 nitrogen and oxygen atoms in total. The van der Waals surface area contributed by atoms with E-state index in [9.17, 15) is 4.79 Å². The van der Waals surface area contributed by atoms with Gasteiger partial charge >= 0.3 is 0 Å². The topological polar surface area (TPSA) is 29.1 Å². The smallest absolute Gasteiger partial charge is 0.246 e. The quantitative estimate of drug-likeness (QED) is 0.517. The highest BCUT2D eigenvalue weighted by Gasteiger charge is 2.13. The van der Waals surface area contributed by atoms with Crippen LogP contribution in [0.5, 0.6) is 0 Å². The fourth-order valence-electron chi connectivity index (χ4n) is 0.979. The summed E-state index contributed by atoms with van der Waals surface area (Å²) in [4.78, 5) is 10.8. The number of hydrogen-bond acceptors (Lipinski definition) is 1. The van der Waals surface area contributed by atoms with Gasteiger partial charge in [-0.1, -0.05) is 13.0 Å². The number of allylic oxidation sites excluding steroid dienone is 1. The minimum atomic E-state index is 0.122. The SMILES string of the molecule is CC/C=C1\CCNC1=O. The zero-order chi connectivity index (χ0) is 6.69. The van der Waals surface area contributed by atoms with Gasteiger partial charge in [0.25, 0.3) is 0 Å². The molecule has 1 rings (SSSR count). The lowest BCUT2D eigenvalue weighted by Gasteiger charge is -1.88. The van der Waals surface area contributed by atoms with Gasteiger partial charge in [-0.15, -0.1) is 0 Å². The zero-order valence-corrected chi connectivity index (χ0v) is 5.61. The summed E-state index contributed by atoms with van der Waals surface area (Å²) in [5.74, 6) is 0.122. The van der Waals surface area contributed by atoms with Crippen molar-refractivity contribution in [2.75, 3.05) is 6.54 Å². The molecule has 0 aromatic carbocycles. The van der Waals surface area contributed by atoms with Crippen molar-refractivity contribution in [1.29, 1.82) is 0 Å². The molecule has 0 aromatic rings. The van der Waals surface area contributed by atoms with Crippen LogP contribution < -0.4 is 5.32 Å². The maximum atomic E-state index is 10.8. The highest BCUT2D eigenvalue weighted by Crippen LogP contribution is 2.07. The summed E-state index contributed by atoms with van der Waals surface area (Å²) in [6, 6.07) is 0. The summed E-state index contributed by atoms with van der Waals surface area (Å²) in [5.41, 5.74) is 0.956. The fraction of sp³-hybridized carbons (Fsp3) is 0.571. The van der Waals surface area contributed by atoms with Gasteiger partial charge in [0, 0.05) is 12.1 Å². The molecule has 0 unspecified atom stereocenters. The third kappa shape index (κ3) is 1.31. The molecular formula is C7H11NO. The summed E-state index contributed by atoms with van der Waals surface area (Å²) in [6.07, 6.45) is 3.86. The van der Waals surface area contributed by atoms with Gasteiger partial charge in [-0.3, -0.25) is 4.79 Å². The molecule has 0 aromatic heterocycles. The lowest BCUT2D eigenvalue weighted by molar-refractivity contribution is -0.116. The van der Waals surface area contributed by atoms with Crippen molar-refractivity contribution in [3.05, 3.63) is 11.6 Å². The highest BCUT2D eigenvalue weighted by atomic mass is 16.1. The van der Waals surface area contributed by atoms with E-state index in [4.69, 9.17) is 0 Å². The molecule has 1 aliphatic rings. The number of carbonyl (C=O) groups excluding carboxylic acids is 1. The van der Waals surface area contributed by atoms with E-state index in [2.05, 4.69) is 5.32 Å². The lowest BCUT2D eigenvalue weighted by atomic mass is 10.2. The largest absolute Gasteiger partial charge is 0.352 e. The van der Waals surface area contributed by atoms with Gasteiger partial charge in [0.2, 0.25) is 5.91 Å². The summed E-state index contributed by atoms with van der Waals surface area (Å²) < 4.78 is 0. The van der Waals surface area contributed by atoms with Crippen molar-refractivity contribution in [1.82, 2.24) is 5.32 Å². The summed E-state index contributed by atoms with van der Waals surface area (Å²) >= 11 is 0. The third-order valence-corrected chi connectivity index (χ3v) is 1.42. The Kier molecular flexibility index (Phi) is 1.88. The van der Waals surface area contributed by atoms with Crippen molar-refractivity contribution >= 4 is 5.91 Å². The first-order valence-electron chi connectivity index (χ1n) is 3.32. The molecule has 1 aliphatic heterocycles. The van der Waals surface area contributed by atoms with E-state index in [0.29, 0.717) is 0 Å². The molecule has 0 radical (unpaired) electrons. The Hall–Kier alpha value is -0.790. The second-order valence-corrected chi connectivity index (χ2v) is 2.14. The first kappa shape index (κ1) is 6.33. The molecule has 1 saturated heterocycles. The molecule has 0 aliphatic carbocycles. The van der Waals surface area contributed by atoms with Crippen molar-refractivity contribution < 1.29 is 4.79 Å². The third-order valence-electron chi connectivity index (χ3n) is 1.42. The van der Waals surface area contributed by atoms with Crippen molar-refractivity contribution in [3.8, 4) is 0 Å². The highest BCUT2D eigenvalue weighted by molar-refractivity contribution is 5.95. The van der Waals surface area contributed by atoms with Crippen LogP contribution in [0.2, 0.25) is 0 Å². The number of rotatable bonds is 1. The zero-order valence-electron chi connectivity index (χ0n) is 5.61. The van der Waals surface area contributed by atoms with Gasteiger partial charge < -0.3 is 5.32 Å². The van der Waals surface area contributed by atoms with Crippen LogP contribution in [-0.4, -0.2) is 12.5 Å². The van der Waals surface area contributed by atoms with Crippen LogP contribution in [-0.2, 0) is 4.79 Å². The first-order chi connectivity index (χ1) is 4.34. The average Bonchev–Trinajstić information content (AvgIpc) is 2.18. The number of carbonyl (C=O) groups is 1. The van der Waals surface area contributed by atoms with E-state index < -0.39 is 0 Å². The molecule has 1 N–H and O–H groups in total. The maximum Gasteiger partial charge on any atom is 0.246 e. The van der Waals surface area contributed by atoms with E-state index >= 15 is 0 Å². The van der Waals surface area contributed by atoms with Crippen LogP contribution >= 0.6 is 0 Å². The van der Waals surface area contributed by atoms with E-state index in [-0.39, 0.29) is 5.91 Å². The van der Waals surface area contributed by atoms with E-state index in [1.165, 1.54) is 0 Å². The van der Waals surface area contributed by atoms with Gasteiger partial charge in [-0.2, -0.15) is 0 Å². The van der Waals surface area contributed by atoms with Crippen molar-refractivity contribution in [2.45, 2.75) is 19.8 Å². The van der Waals surface area contributed by atoms with E-state index in [0.717, 1.165) is 25.0 Å². The maximum absolute atomic E-state index is 10.8. The molecule has 0 saturated carbocycles. The molecule has 0 bridgehead atoms. The molecule has 1 amide bonds. The number of hydrogen-bond donors (Lipinski definition) is 1. The summed E-state index contributed by atoms with van der Waals surface area (Å²) in [6.45, 7) is 2.86. The van der Waals surface area contributed by atoms with Crippen LogP contribution in [0, 0.1) is 0 Å². The van der Waals surface area contributed by atoms with Gasteiger partial charge in [-0.05, 0) is 12.8 Å². The predicted octanol–water partition coefficient (Wildman–Crippen LogP) is 0.843. The van der Waals surface area contributed by atoms with Gasteiger partial charge in [0.05, 0.1) is 0 Å². The molecule has 0 spiro atoms. The van der Waals surface area contributed by atoms with Crippen molar-refractivity contribution in [3.63, 3.8) is 0 Å². The van der Waals surface area contributed by atoms with Crippen LogP contribution in [0.25, 0.3) is 0 Å². The molecule has 9 heavy (non-hydrogen) atoms. The Labute approximate surface area is 54.9 Å². The minimum absolute atomic E-state index is 0.122. The molecule has 50 valence electrons. The van der Waals surface area contributed by atoms with Crippen LogP contribution in [0.4, 0.5) is 0 Å². The molecular weight excluding hydrogens is 114 g/mol. The second-order valence-electron chi connectivity index (χ2n) is 2.14. The number of nitrogens with one attached hydrogen (secondary N) is 1. The summed E-state index contributed by atoms with van der Waals surface area (Å²) in [7, 11) is 0. The van der Waals surface area contributed by atoms with Crippen molar-refractivity contribution in [2.24, 2.45) is 0 Å². The average molecular weight is 125 g/mol. The monoisotopic (exact) mass is 125 g/mol. The fourth-order valence-corrected chi connectivity index (χ4v) is 0.979. The van der Waals surface area contributed by atoms with Crippen LogP contribution in [0.3, 0.4) is 0 Å². The normalized spacial score (nSPS) is 22.8. The van der Waals surface area contributed by atoms with E-state index in [1.807, 2.05) is 13.0 Å².